The number of benzene rings is 2. The molecule has 0 amide bonds. The molecule has 2 aromatic carbocycles. The van der Waals surface area contributed by atoms with E-state index < -0.39 is 0 Å². The van der Waals surface area contributed by atoms with Gasteiger partial charge in [0.2, 0.25) is 0 Å². The normalized spacial score (nSPS) is 17.8. The van der Waals surface area contributed by atoms with Gasteiger partial charge in [0.15, 0.2) is 5.11 Å². The molecule has 1 aliphatic heterocycles. The highest BCUT2D eigenvalue weighted by molar-refractivity contribution is 7.80. The summed E-state index contributed by atoms with van der Waals surface area (Å²) in [6.07, 6.45) is 1.77. The second-order valence-electron chi connectivity index (χ2n) is 7.49. The van der Waals surface area contributed by atoms with Crippen molar-refractivity contribution in [1.29, 1.82) is 0 Å². The number of rotatable bonds is 5. The molecule has 1 saturated heterocycles. The van der Waals surface area contributed by atoms with Crippen LogP contribution in [0.3, 0.4) is 0 Å². The fraction of sp³-hybridized carbons (Fsp3) is 0.120. The van der Waals surface area contributed by atoms with Crippen LogP contribution < -0.4 is 15.0 Å². The van der Waals surface area contributed by atoms with Gasteiger partial charge in [-0.3, -0.25) is 4.98 Å². The van der Waals surface area contributed by atoms with Crippen LogP contribution in [0.1, 0.15) is 23.5 Å². The fourth-order valence-corrected chi connectivity index (χ4v) is 4.92. The van der Waals surface area contributed by atoms with Crippen molar-refractivity contribution in [2.24, 2.45) is 0 Å². The maximum Gasteiger partial charge on any atom is 0.174 e. The zero-order valence-electron chi connectivity index (χ0n) is 17.5. The van der Waals surface area contributed by atoms with Gasteiger partial charge in [-0.15, -0.1) is 0 Å². The number of hydrogen-bond donors (Lipinski definition) is 1. The summed E-state index contributed by atoms with van der Waals surface area (Å²) in [6.45, 7) is 0. The molecule has 0 saturated carbocycles. The molecule has 1 aliphatic rings. The molecule has 2 unspecified atom stereocenters. The molecule has 166 valence electrons. The first-order valence-electron chi connectivity index (χ1n) is 10.3. The number of pyridine rings is 1. The van der Waals surface area contributed by atoms with Gasteiger partial charge in [0.1, 0.15) is 23.3 Å². The van der Waals surface area contributed by atoms with Crippen molar-refractivity contribution in [1.82, 2.24) is 10.3 Å². The maximum atomic E-state index is 6.43. The summed E-state index contributed by atoms with van der Waals surface area (Å²) >= 11 is 18.3. The summed E-state index contributed by atoms with van der Waals surface area (Å²) in [6, 6.07) is 22.2. The molecule has 0 aliphatic carbocycles. The number of hydrogen-bond acceptors (Lipinski definition) is 4. The molecule has 2 aromatic heterocycles. The van der Waals surface area contributed by atoms with Crippen LogP contribution in [0, 0.1) is 0 Å². The number of nitrogens with one attached hydrogen (secondary N) is 1. The van der Waals surface area contributed by atoms with Crippen molar-refractivity contribution in [2.75, 3.05) is 12.0 Å². The number of ether oxygens (including phenoxy) is 1. The second kappa shape index (κ2) is 9.06. The van der Waals surface area contributed by atoms with E-state index in [1.165, 1.54) is 0 Å². The van der Waals surface area contributed by atoms with Gasteiger partial charge in [0, 0.05) is 16.8 Å². The summed E-state index contributed by atoms with van der Waals surface area (Å²) in [5, 5.41) is 5.07. The fourth-order valence-electron chi connectivity index (χ4n) is 4.08. The van der Waals surface area contributed by atoms with Crippen LogP contribution >= 0.6 is 35.4 Å². The number of furan rings is 1. The Balaban J connectivity index is 1.63. The molecular weight excluding hydrogens is 477 g/mol. The molecule has 3 heterocycles. The van der Waals surface area contributed by atoms with Crippen molar-refractivity contribution in [3.8, 4) is 17.1 Å². The average molecular weight is 496 g/mol. The van der Waals surface area contributed by atoms with Crippen LogP contribution in [0.2, 0.25) is 10.0 Å². The van der Waals surface area contributed by atoms with Crippen LogP contribution in [-0.2, 0) is 0 Å². The predicted octanol–water partition coefficient (Wildman–Crippen LogP) is 6.83. The topological polar surface area (TPSA) is 50.5 Å². The van der Waals surface area contributed by atoms with Crippen molar-refractivity contribution >= 4 is 46.2 Å². The van der Waals surface area contributed by atoms with Gasteiger partial charge < -0.3 is 19.4 Å². The molecule has 0 radical (unpaired) electrons. The first kappa shape index (κ1) is 21.8. The Morgan fingerprint density at radius 2 is 1.85 bits per heavy atom. The Morgan fingerprint density at radius 3 is 2.61 bits per heavy atom. The highest BCUT2D eigenvalue weighted by Gasteiger charge is 2.43. The minimum Gasteiger partial charge on any atom is -0.495 e. The first-order valence-corrected chi connectivity index (χ1v) is 11.4. The zero-order valence-corrected chi connectivity index (χ0v) is 19.9. The lowest BCUT2D eigenvalue weighted by molar-refractivity contribution is 0.409. The van der Waals surface area contributed by atoms with Crippen LogP contribution in [0.15, 0.2) is 83.4 Å². The predicted molar refractivity (Wildman–Crippen MR) is 135 cm³/mol. The number of thiocarbonyl (C=S) groups is 1. The summed E-state index contributed by atoms with van der Waals surface area (Å²) in [5.74, 6) is 2.06. The molecule has 1 N–H and O–H groups in total. The number of anilines is 1. The van der Waals surface area contributed by atoms with Crippen LogP contribution in [0.5, 0.6) is 5.75 Å². The van der Waals surface area contributed by atoms with E-state index in [0.29, 0.717) is 32.4 Å². The number of aromatic nitrogens is 1. The largest absolute Gasteiger partial charge is 0.495 e. The van der Waals surface area contributed by atoms with Gasteiger partial charge in [-0.05, 0) is 66.8 Å². The lowest BCUT2D eigenvalue weighted by Crippen LogP contribution is -2.29. The lowest BCUT2D eigenvalue weighted by atomic mass is 10.0. The third-order valence-corrected chi connectivity index (χ3v) is 6.42. The summed E-state index contributed by atoms with van der Waals surface area (Å²) in [4.78, 5) is 6.59. The van der Waals surface area contributed by atoms with Gasteiger partial charge in [-0.25, -0.2) is 0 Å². The standard InChI is InChI=1S/C25H19Cl2N3O2S/c1-31-21-8-3-2-7-19(21)30-24(23(29-25(30)33)18-6-4-5-13-28-18)22-12-11-20(32-22)16-10-9-15(26)14-17(16)27/h2-14,23-24H,1H3,(H,29,33). The Morgan fingerprint density at radius 1 is 1.03 bits per heavy atom. The van der Waals surface area contributed by atoms with Crippen molar-refractivity contribution in [3.05, 3.63) is 100 Å². The Bertz CT molecular complexity index is 1310. The molecule has 0 spiro atoms. The molecular formula is C25H19Cl2N3O2S. The molecule has 4 aromatic rings. The van der Waals surface area contributed by atoms with E-state index in [4.69, 9.17) is 44.6 Å². The van der Waals surface area contributed by atoms with E-state index in [1.54, 1.807) is 25.4 Å². The molecule has 5 nitrogen and oxygen atoms in total. The zero-order chi connectivity index (χ0) is 22.9. The quantitative estimate of drug-likeness (QED) is 0.306. The number of halogens is 2. The van der Waals surface area contributed by atoms with E-state index in [1.807, 2.05) is 65.6 Å². The third-order valence-electron chi connectivity index (χ3n) is 5.56. The molecule has 33 heavy (non-hydrogen) atoms. The molecule has 1 fully saturated rings. The van der Waals surface area contributed by atoms with E-state index in [2.05, 4.69) is 10.3 Å². The van der Waals surface area contributed by atoms with E-state index in [9.17, 15) is 0 Å². The number of methoxy groups -OCH3 is 1. The minimum absolute atomic E-state index is 0.233. The Kier molecular flexibility index (Phi) is 5.98. The highest BCUT2D eigenvalue weighted by Crippen LogP contribution is 2.45. The van der Waals surface area contributed by atoms with E-state index in [0.717, 1.165) is 16.9 Å². The van der Waals surface area contributed by atoms with Crippen LogP contribution in [-0.4, -0.2) is 17.2 Å². The first-order chi connectivity index (χ1) is 16.1. The molecule has 2 atom stereocenters. The summed E-state index contributed by atoms with van der Waals surface area (Å²) in [7, 11) is 1.64. The average Bonchev–Trinajstić information content (AvgIpc) is 3.44. The van der Waals surface area contributed by atoms with Crippen LogP contribution in [0.4, 0.5) is 5.69 Å². The Hall–Kier alpha value is -3.06. The second-order valence-corrected chi connectivity index (χ2v) is 8.72. The van der Waals surface area contributed by atoms with Crippen molar-refractivity contribution < 1.29 is 9.15 Å². The smallest absolute Gasteiger partial charge is 0.174 e. The molecule has 5 rings (SSSR count). The van der Waals surface area contributed by atoms with Gasteiger partial charge >= 0.3 is 0 Å². The van der Waals surface area contributed by atoms with Gasteiger partial charge in [0.05, 0.1) is 29.6 Å². The van der Waals surface area contributed by atoms with Crippen molar-refractivity contribution in [3.63, 3.8) is 0 Å². The third kappa shape index (κ3) is 4.06. The van der Waals surface area contributed by atoms with Gasteiger partial charge in [0.25, 0.3) is 0 Å². The number of nitrogens with zero attached hydrogens (tertiary/aromatic N) is 2. The molecule has 0 bridgehead atoms. The Labute approximate surface area is 206 Å². The SMILES string of the molecule is COc1ccccc1N1C(=S)NC(c2ccccn2)C1c1ccc(-c2ccc(Cl)cc2Cl)o1. The number of para-hydroxylation sites is 2. The minimum atomic E-state index is -0.302. The highest BCUT2D eigenvalue weighted by atomic mass is 35.5. The molecule has 8 heteroatoms. The van der Waals surface area contributed by atoms with Gasteiger partial charge in [-0.1, -0.05) is 41.4 Å². The monoisotopic (exact) mass is 495 g/mol. The summed E-state index contributed by atoms with van der Waals surface area (Å²) < 4.78 is 12.0. The van der Waals surface area contributed by atoms with Gasteiger partial charge in [-0.2, -0.15) is 0 Å². The van der Waals surface area contributed by atoms with E-state index >= 15 is 0 Å². The van der Waals surface area contributed by atoms with Crippen molar-refractivity contribution in [2.45, 2.75) is 12.1 Å². The van der Waals surface area contributed by atoms with Crippen LogP contribution in [0.25, 0.3) is 11.3 Å². The lowest BCUT2D eigenvalue weighted by Gasteiger charge is -2.27. The van der Waals surface area contributed by atoms with E-state index in [-0.39, 0.29) is 12.1 Å². The maximum absolute atomic E-state index is 6.43. The summed E-state index contributed by atoms with van der Waals surface area (Å²) in [5.41, 5.74) is 2.45.